The molecule has 0 aliphatic carbocycles. The van der Waals surface area contributed by atoms with Crippen LogP contribution in [0.3, 0.4) is 0 Å². The van der Waals surface area contributed by atoms with Gasteiger partial charge >= 0.3 is 6.09 Å². The minimum Gasteiger partial charge on any atom is -0.450 e. The summed E-state index contributed by atoms with van der Waals surface area (Å²) in [4.78, 5) is 26.1. The maximum Gasteiger partial charge on any atom is 0.409 e. The first kappa shape index (κ1) is 23.4. The van der Waals surface area contributed by atoms with Gasteiger partial charge in [0.05, 0.1) is 22.1 Å². The van der Waals surface area contributed by atoms with E-state index in [0.717, 1.165) is 0 Å². The van der Waals surface area contributed by atoms with Crippen molar-refractivity contribution in [2.45, 2.75) is 50.6 Å². The molecule has 8 nitrogen and oxygen atoms in total. The molecule has 0 bridgehead atoms. The van der Waals surface area contributed by atoms with Crippen molar-refractivity contribution in [1.29, 1.82) is 0 Å². The molecule has 1 aliphatic heterocycles. The smallest absolute Gasteiger partial charge is 0.409 e. The number of rotatable bonds is 6. The van der Waals surface area contributed by atoms with Crippen molar-refractivity contribution < 1.29 is 22.7 Å². The average molecular weight is 446 g/mol. The molecule has 1 fully saturated rings. The van der Waals surface area contributed by atoms with E-state index in [1.165, 1.54) is 29.6 Å². The zero-order valence-electron chi connectivity index (χ0n) is 17.1. The number of hydrogen-bond donors (Lipinski definition) is 1. The second-order valence-corrected chi connectivity index (χ2v) is 9.60. The van der Waals surface area contributed by atoms with Gasteiger partial charge in [-0.2, -0.15) is 4.31 Å². The highest BCUT2D eigenvalue weighted by Crippen LogP contribution is 2.24. The van der Waals surface area contributed by atoms with Gasteiger partial charge in [0.2, 0.25) is 10.0 Å². The van der Waals surface area contributed by atoms with Gasteiger partial charge in [0, 0.05) is 32.2 Å². The molecule has 10 heteroatoms. The molecule has 162 valence electrons. The number of sulfonamides is 1. The van der Waals surface area contributed by atoms with Crippen LogP contribution in [0.4, 0.5) is 4.79 Å². The van der Waals surface area contributed by atoms with Crippen LogP contribution in [0.25, 0.3) is 0 Å². The number of amides is 2. The van der Waals surface area contributed by atoms with Crippen molar-refractivity contribution >= 4 is 33.6 Å². The van der Waals surface area contributed by atoms with Gasteiger partial charge in [-0.15, -0.1) is 0 Å². The van der Waals surface area contributed by atoms with Crippen LogP contribution in [0.5, 0.6) is 0 Å². The van der Waals surface area contributed by atoms with E-state index >= 15 is 0 Å². The largest absolute Gasteiger partial charge is 0.450 e. The summed E-state index contributed by atoms with van der Waals surface area (Å²) in [6.07, 6.45) is 0.805. The molecule has 1 heterocycles. The van der Waals surface area contributed by atoms with Crippen LogP contribution in [0, 0.1) is 0 Å². The predicted octanol–water partition coefficient (Wildman–Crippen LogP) is 2.72. The Morgan fingerprint density at radius 2 is 1.93 bits per heavy atom. The summed E-state index contributed by atoms with van der Waals surface area (Å²) < 4.78 is 31.6. The second-order valence-electron chi connectivity index (χ2n) is 7.19. The maximum atomic E-state index is 12.7. The van der Waals surface area contributed by atoms with Gasteiger partial charge in [0.15, 0.2) is 0 Å². The minimum atomic E-state index is -3.73. The van der Waals surface area contributed by atoms with E-state index in [4.69, 9.17) is 16.3 Å². The zero-order chi connectivity index (χ0) is 21.8. The molecule has 1 saturated heterocycles. The fourth-order valence-electron chi connectivity index (χ4n) is 2.97. The first-order valence-electron chi connectivity index (χ1n) is 9.58. The molecule has 1 N–H and O–H groups in total. The summed E-state index contributed by atoms with van der Waals surface area (Å²) in [6, 6.07) is 3.76. The fraction of sp³-hybridized carbons (Fsp3) is 0.579. The van der Waals surface area contributed by atoms with Gasteiger partial charge in [-0.1, -0.05) is 11.6 Å². The van der Waals surface area contributed by atoms with E-state index in [0.29, 0.717) is 32.5 Å². The monoisotopic (exact) mass is 445 g/mol. The number of hydrogen-bond acceptors (Lipinski definition) is 5. The molecule has 1 aromatic rings. The normalized spacial score (nSPS) is 15.6. The molecule has 1 aliphatic rings. The van der Waals surface area contributed by atoms with Gasteiger partial charge in [-0.3, -0.25) is 4.79 Å². The number of piperidine rings is 1. The Labute approximate surface area is 177 Å². The Hall–Kier alpha value is -1.84. The lowest BCUT2D eigenvalue weighted by Gasteiger charge is -2.31. The molecule has 0 unspecified atom stereocenters. The van der Waals surface area contributed by atoms with Crippen molar-refractivity contribution in [1.82, 2.24) is 14.5 Å². The first-order valence-corrected chi connectivity index (χ1v) is 11.4. The first-order chi connectivity index (χ1) is 13.6. The quantitative estimate of drug-likeness (QED) is 0.726. The van der Waals surface area contributed by atoms with Crippen LogP contribution in [-0.2, 0) is 14.8 Å². The molecule has 0 saturated carbocycles. The van der Waals surface area contributed by atoms with Crippen LogP contribution >= 0.6 is 11.6 Å². The SMILES string of the molecule is CCOC(=O)N1CCC(NC(=O)c2cc(S(=O)(=O)N(C)C(C)C)ccc2Cl)CC1. The summed E-state index contributed by atoms with van der Waals surface area (Å²) in [5.41, 5.74) is 0.109. The third-order valence-electron chi connectivity index (χ3n) is 4.94. The lowest BCUT2D eigenvalue weighted by Crippen LogP contribution is -2.46. The molecule has 0 radical (unpaired) electrons. The lowest BCUT2D eigenvalue weighted by atomic mass is 10.0. The minimum absolute atomic E-state index is 0.0142. The van der Waals surface area contributed by atoms with Gasteiger partial charge in [0.25, 0.3) is 5.91 Å². The Morgan fingerprint density at radius 1 is 1.31 bits per heavy atom. The molecular weight excluding hydrogens is 418 g/mol. The molecule has 0 aromatic heterocycles. The van der Waals surface area contributed by atoms with Crippen molar-refractivity contribution in [2.75, 3.05) is 26.7 Å². The van der Waals surface area contributed by atoms with Gasteiger partial charge in [-0.25, -0.2) is 13.2 Å². The summed E-state index contributed by atoms with van der Waals surface area (Å²) in [5.74, 6) is -0.436. The van der Waals surface area contributed by atoms with Gasteiger partial charge in [-0.05, 0) is 51.8 Å². The van der Waals surface area contributed by atoms with Crippen LogP contribution in [0.2, 0.25) is 5.02 Å². The number of halogens is 1. The van der Waals surface area contributed by atoms with Crippen molar-refractivity contribution in [2.24, 2.45) is 0 Å². The number of carbonyl (C=O) groups excluding carboxylic acids is 2. The molecule has 2 rings (SSSR count). The van der Waals surface area contributed by atoms with Crippen LogP contribution in [-0.4, -0.2) is 68.5 Å². The zero-order valence-corrected chi connectivity index (χ0v) is 18.7. The van der Waals surface area contributed by atoms with Crippen molar-refractivity contribution in [3.63, 3.8) is 0 Å². The van der Waals surface area contributed by atoms with E-state index < -0.39 is 15.9 Å². The summed E-state index contributed by atoms with van der Waals surface area (Å²) in [7, 11) is -2.24. The molecule has 0 atom stereocenters. The third kappa shape index (κ3) is 5.61. The van der Waals surface area contributed by atoms with Crippen molar-refractivity contribution in [3.8, 4) is 0 Å². The number of ether oxygens (including phenoxy) is 1. The summed E-state index contributed by atoms with van der Waals surface area (Å²) in [5, 5.41) is 3.07. The van der Waals surface area contributed by atoms with Gasteiger partial charge in [0.1, 0.15) is 0 Å². The highest BCUT2D eigenvalue weighted by molar-refractivity contribution is 7.89. The van der Waals surface area contributed by atoms with E-state index in [-0.39, 0.29) is 33.7 Å². The van der Waals surface area contributed by atoms with E-state index in [1.54, 1.807) is 25.7 Å². The number of carbonyl (C=O) groups is 2. The highest BCUT2D eigenvalue weighted by atomic mass is 35.5. The topological polar surface area (TPSA) is 96.0 Å². The molecular formula is C19H28ClN3O5S. The molecule has 0 spiro atoms. The van der Waals surface area contributed by atoms with E-state index in [1.807, 2.05) is 0 Å². The van der Waals surface area contributed by atoms with Crippen LogP contribution < -0.4 is 5.32 Å². The Bertz CT molecular complexity index is 851. The number of nitrogens with zero attached hydrogens (tertiary/aromatic N) is 2. The number of nitrogens with one attached hydrogen (secondary N) is 1. The lowest BCUT2D eigenvalue weighted by molar-refractivity contribution is 0.0860. The van der Waals surface area contributed by atoms with E-state index in [9.17, 15) is 18.0 Å². The Kier molecular flexibility index (Phi) is 7.90. The summed E-state index contributed by atoms with van der Waals surface area (Å²) >= 11 is 6.16. The third-order valence-corrected chi connectivity index (χ3v) is 7.30. The average Bonchev–Trinajstić information content (AvgIpc) is 2.68. The number of likely N-dealkylation sites (tertiary alicyclic amines) is 1. The standard InChI is InChI=1S/C19H28ClN3O5S/c1-5-28-19(25)23-10-8-14(9-11-23)21-18(24)16-12-15(6-7-17(16)20)29(26,27)22(4)13(2)3/h6-7,12-14H,5,8-11H2,1-4H3,(H,21,24). The molecule has 2 amide bonds. The van der Waals surface area contributed by atoms with Crippen LogP contribution in [0.1, 0.15) is 44.0 Å². The summed E-state index contributed by atoms with van der Waals surface area (Å²) in [6.45, 7) is 6.56. The molecule has 1 aromatic carbocycles. The van der Waals surface area contributed by atoms with Gasteiger partial charge < -0.3 is 15.0 Å². The molecule has 29 heavy (non-hydrogen) atoms. The van der Waals surface area contributed by atoms with Crippen LogP contribution in [0.15, 0.2) is 23.1 Å². The Balaban J connectivity index is 2.09. The maximum absolute atomic E-state index is 12.7. The highest BCUT2D eigenvalue weighted by Gasteiger charge is 2.27. The number of benzene rings is 1. The predicted molar refractivity (Wildman–Crippen MR) is 111 cm³/mol. The fourth-order valence-corrected chi connectivity index (χ4v) is 4.56. The van der Waals surface area contributed by atoms with E-state index in [2.05, 4.69) is 5.32 Å². The Morgan fingerprint density at radius 3 is 2.48 bits per heavy atom. The second kappa shape index (κ2) is 9.77. The van der Waals surface area contributed by atoms with Crippen molar-refractivity contribution in [3.05, 3.63) is 28.8 Å².